The molecule has 12 nitrogen and oxygen atoms in total. The lowest BCUT2D eigenvalue weighted by Crippen LogP contribution is -2.32. The number of anilines is 3. The van der Waals surface area contributed by atoms with Crippen LogP contribution in [0.1, 0.15) is 89.5 Å². The first-order valence-corrected chi connectivity index (χ1v) is 21.7. The number of rotatable bonds is 22. The average molecular weight is 830 g/mol. The summed E-state index contributed by atoms with van der Waals surface area (Å²) in [5.74, 6) is -1.05. The van der Waals surface area contributed by atoms with Crippen LogP contribution in [0.2, 0.25) is 0 Å². The van der Waals surface area contributed by atoms with E-state index in [1.165, 1.54) is 13.8 Å². The number of phosphoric ester groups is 1. The van der Waals surface area contributed by atoms with E-state index in [1.54, 1.807) is 24.3 Å². The Morgan fingerprint density at radius 3 is 1.80 bits per heavy atom. The quantitative estimate of drug-likeness (QED) is 0.0446. The van der Waals surface area contributed by atoms with Crippen molar-refractivity contribution in [3.8, 4) is 0 Å². The number of carbonyl (C=O) groups excluding carboxylic acids is 3. The Balaban J connectivity index is 1.42. The van der Waals surface area contributed by atoms with Gasteiger partial charge in [-0.25, -0.2) is 14.2 Å². The number of aryl methyl sites for hydroxylation is 1. The van der Waals surface area contributed by atoms with Gasteiger partial charge in [0.25, 0.3) is 0 Å². The van der Waals surface area contributed by atoms with E-state index in [-0.39, 0.29) is 31.6 Å². The second kappa shape index (κ2) is 23.0. The number of carbonyl (C=O) groups is 3. The van der Waals surface area contributed by atoms with Gasteiger partial charge in [-0.1, -0.05) is 119 Å². The number of urea groups is 1. The van der Waals surface area contributed by atoms with Gasteiger partial charge < -0.3 is 25.0 Å². The van der Waals surface area contributed by atoms with Crippen molar-refractivity contribution in [3.05, 3.63) is 125 Å². The van der Waals surface area contributed by atoms with E-state index in [1.807, 2.05) is 92.7 Å². The van der Waals surface area contributed by atoms with Crippen molar-refractivity contribution in [1.29, 1.82) is 0 Å². The number of ether oxygens (including phenoxy) is 2. The van der Waals surface area contributed by atoms with E-state index >= 15 is 0 Å². The monoisotopic (exact) mass is 829 g/mol. The summed E-state index contributed by atoms with van der Waals surface area (Å²) in [6.45, 7) is 16.8. The molecule has 0 aromatic heterocycles. The van der Waals surface area contributed by atoms with Crippen LogP contribution in [0.3, 0.4) is 0 Å². The van der Waals surface area contributed by atoms with Crippen LogP contribution in [0.5, 0.6) is 0 Å². The van der Waals surface area contributed by atoms with Crippen molar-refractivity contribution in [2.45, 2.75) is 99.8 Å². The van der Waals surface area contributed by atoms with Crippen molar-refractivity contribution in [3.63, 3.8) is 0 Å². The molecule has 0 radical (unpaired) electrons. The number of esters is 2. The van der Waals surface area contributed by atoms with E-state index in [0.717, 1.165) is 41.0 Å². The summed E-state index contributed by atoms with van der Waals surface area (Å²) in [4.78, 5) is 42.0. The second-order valence-electron chi connectivity index (χ2n) is 15.4. The molecule has 0 saturated carbocycles. The molecule has 4 rings (SSSR count). The zero-order valence-corrected chi connectivity index (χ0v) is 36.4. The number of phosphoric acid groups is 1. The highest BCUT2D eigenvalue weighted by Gasteiger charge is 2.34. The molecule has 4 aromatic carbocycles. The van der Waals surface area contributed by atoms with Crippen molar-refractivity contribution < 1.29 is 42.0 Å². The van der Waals surface area contributed by atoms with Gasteiger partial charge in [0, 0.05) is 25.7 Å². The molecule has 0 saturated heterocycles. The molecule has 4 aromatic rings. The highest BCUT2D eigenvalue weighted by molar-refractivity contribution is 7.48. The normalized spacial score (nSPS) is 13.1. The fraction of sp³-hybridized carbons (Fsp3) is 0.413. The van der Waals surface area contributed by atoms with Crippen LogP contribution in [-0.4, -0.2) is 43.5 Å². The number of amides is 2. The molecular formula is C46H60N3O9P. The highest BCUT2D eigenvalue weighted by atomic mass is 31.2. The summed E-state index contributed by atoms with van der Waals surface area (Å²) >= 11 is 0. The topological polar surface area (TPSA) is 142 Å². The maximum Gasteiger partial charge on any atom is 0.476 e. The van der Waals surface area contributed by atoms with E-state index in [9.17, 15) is 18.9 Å². The van der Waals surface area contributed by atoms with Gasteiger partial charge in [0.1, 0.15) is 0 Å². The van der Waals surface area contributed by atoms with Crippen molar-refractivity contribution in [2.75, 3.05) is 28.6 Å². The third-order valence-corrected chi connectivity index (χ3v) is 10.6. The fourth-order valence-electron chi connectivity index (χ4n) is 6.26. The maximum absolute atomic E-state index is 13.8. The molecule has 1 unspecified atom stereocenters. The molecule has 318 valence electrons. The molecule has 0 aliphatic heterocycles. The minimum Gasteiger partial charge on any atom is -0.425 e. The van der Waals surface area contributed by atoms with E-state index in [4.69, 9.17) is 23.0 Å². The standard InChI is InChI=1S/C46H60N3O9P/c1-9-39(40-22-25-43(49(28-32(2)3)29-33(4)5)42(26-40)48-46(52)47-41-23-20-34(6)21-24-41)27-44(50)56-36(8)57-45(51)35(7)58-59(53,54-30-37-16-12-10-13-17-37)55-31-38-18-14-11-15-19-38/h10-26,32-33,35-36,39H,9,27-31H2,1-8H3,(H2,47,48,52)/t35-,36?,39-/m0/s1. The summed E-state index contributed by atoms with van der Waals surface area (Å²) in [7, 11) is -4.29. The molecule has 0 aliphatic rings. The summed E-state index contributed by atoms with van der Waals surface area (Å²) in [5.41, 5.74) is 5.54. The molecule has 2 amide bonds. The number of nitrogens with one attached hydrogen (secondary N) is 2. The number of hydrogen-bond acceptors (Lipinski definition) is 10. The van der Waals surface area contributed by atoms with Gasteiger partial charge >= 0.3 is 25.8 Å². The van der Waals surface area contributed by atoms with Gasteiger partial charge in [-0.2, -0.15) is 0 Å². The van der Waals surface area contributed by atoms with Crippen LogP contribution in [-0.2, 0) is 50.4 Å². The minimum absolute atomic E-state index is 0.0175. The molecule has 0 bridgehead atoms. The largest absolute Gasteiger partial charge is 0.476 e. The Morgan fingerprint density at radius 2 is 1.27 bits per heavy atom. The average Bonchev–Trinajstić information content (AvgIpc) is 3.19. The van der Waals surface area contributed by atoms with Crippen LogP contribution in [0.25, 0.3) is 0 Å². The zero-order chi connectivity index (χ0) is 43.0. The van der Waals surface area contributed by atoms with Gasteiger partial charge in [-0.3, -0.25) is 18.4 Å². The SMILES string of the molecule is CC[C@@H](CC(=O)OC(C)OC(=O)[C@H](C)OP(=O)(OCc1ccccc1)OCc1ccccc1)c1ccc(N(CC(C)C)CC(C)C)c(NC(=O)Nc2ccc(C)cc2)c1. The van der Waals surface area contributed by atoms with Crippen LogP contribution >= 0.6 is 7.82 Å². The molecule has 2 N–H and O–H groups in total. The highest BCUT2D eigenvalue weighted by Crippen LogP contribution is 2.52. The van der Waals surface area contributed by atoms with Crippen LogP contribution in [0.15, 0.2) is 103 Å². The molecule has 13 heteroatoms. The fourth-order valence-corrected chi connectivity index (χ4v) is 7.55. The molecule has 0 fully saturated rings. The van der Waals surface area contributed by atoms with Gasteiger partial charge in [-0.05, 0) is 79.0 Å². The van der Waals surface area contributed by atoms with Crippen LogP contribution in [0, 0.1) is 18.8 Å². The third-order valence-electron chi connectivity index (χ3n) is 9.13. The second-order valence-corrected chi connectivity index (χ2v) is 17.1. The zero-order valence-electron chi connectivity index (χ0n) is 35.5. The smallest absolute Gasteiger partial charge is 0.425 e. The summed E-state index contributed by atoms with van der Waals surface area (Å²) in [6, 6.07) is 31.2. The summed E-state index contributed by atoms with van der Waals surface area (Å²) < 4.78 is 41.5. The molecule has 3 atom stereocenters. The van der Waals surface area contributed by atoms with Crippen molar-refractivity contribution in [1.82, 2.24) is 0 Å². The molecular weight excluding hydrogens is 769 g/mol. The van der Waals surface area contributed by atoms with E-state index in [2.05, 4.69) is 43.2 Å². The summed E-state index contributed by atoms with van der Waals surface area (Å²) in [6.07, 6.45) is -2.10. The molecule has 0 heterocycles. The molecule has 59 heavy (non-hydrogen) atoms. The summed E-state index contributed by atoms with van der Waals surface area (Å²) in [5, 5.41) is 5.99. The first kappa shape index (κ1) is 46.7. The first-order valence-electron chi connectivity index (χ1n) is 20.2. The van der Waals surface area contributed by atoms with Gasteiger partial charge in [0.2, 0.25) is 6.29 Å². The Morgan fingerprint density at radius 1 is 0.712 bits per heavy atom. The Kier molecular flexibility index (Phi) is 18.2. The first-order chi connectivity index (χ1) is 28.1. The maximum atomic E-state index is 13.8. The molecule has 0 spiro atoms. The lowest BCUT2D eigenvalue weighted by atomic mass is 9.92. The van der Waals surface area contributed by atoms with Crippen LogP contribution in [0.4, 0.5) is 21.9 Å². The van der Waals surface area contributed by atoms with Crippen molar-refractivity contribution >= 4 is 42.9 Å². The molecule has 0 aliphatic carbocycles. The van der Waals surface area contributed by atoms with Crippen LogP contribution < -0.4 is 15.5 Å². The predicted molar refractivity (Wildman–Crippen MR) is 232 cm³/mol. The predicted octanol–water partition coefficient (Wildman–Crippen LogP) is 11.0. The Hall–Kier alpha value is -5.00. The number of hydrogen-bond donors (Lipinski definition) is 2. The lowest BCUT2D eigenvalue weighted by molar-refractivity contribution is -0.189. The Labute approximate surface area is 349 Å². The number of nitrogens with zero attached hydrogens (tertiary/aromatic N) is 1. The Bertz CT molecular complexity index is 1920. The van der Waals surface area contributed by atoms with Crippen molar-refractivity contribution in [2.24, 2.45) is 11.8 Å². The third kappa shape index (κ3) is 15.9. The van der Waals surface area contributed by atoms with Gasteiger partial charge in [0.05, 0.1) is 31.0 Å². The van der Waals surface area contributed by atoms with Gasteiger partial charge in [0.15, 0.2) is 6.10 Å². The van der Waals surface area contributed by atoms with E-state index in [0.29, 0.717) is 29.6 Å². The van der Waals surface area contributed by atoms with E-state index < -0.39 is 32.2 Å². The number of benzene rings is 4. The lowest BCUT2D eigenvalue weighted by Gasteiger charge is -2.31. The van der Waals surface area contributed by atoms with Gasteiger partial charge in [-0.15, -0.1) is 0 Å². The minimum atomic E-state index is -4.29.